The number of hydrogen-bond donors (Lipinski definition) is 3. The molecule has 0 saturated carbocycles. The molecule has 98 valence electrons. The second kappa shape index (κ2) is 5.44. The normalized spacial score (nSPS) is 37.5. The van der Waals surface area contributed by atoms with Crippen LogP contribution in [0.1, 0.15) is 13.8 Å². The summed E-state index contributed by atoms with van der Waals surface area (Å²) < 4.78 is 10.1. The van der Waals surface area contributed by atoms with Crippen LogP contribution in [-0.2, 0) is 19.1 Å². The number of carbonyl (C=O) groups excluding carboxylic acids is 1. The first-order chi connectivity index (χ1) is 7.88. The summed E-state index contributed by atoms with van der Waals surface area (Å²) in [5, 5.41) is 21.4. The average Bonchev–Trinajstić information content (AvgIpc) is 2.24. The van der Waals surface area contributed by atoms with E-state index in [1.165, 1.54) is 14.0 Å². The predicted octanol–water partition coefficient (Wildman–Crippen LogP) is -1.06. The zero-order valence-corrected chi connectivity index (χ0v) is 9.91. The molecule has 1 aliphatic rings. The molecule has 1 heterocycles. The molecule has 1 amide bonds. The fraction of sp³-hybridized carbons (Fsp3) is 0.800. The Morgan fingerprint density at radius 3 is 2.41 bits per heavy atom. The molecule has 0 aromatic rings. The first-order valence-corrected chi connectivity index (χ1v) is 5.24. The number of aliphatic hydroxyl groups excluding tert-OH is 1. The lowest BCUT2D eigenvalue weighted by Crippen LogP contribution is -2.62. The molecule has 0 aromatic heterocycles. The number of amides is 1. The Morgan fingerprint density at radius 2 is 2.00 bits per heavy atom. The van der Waals surface area contributed by atoms with Crippen LogP contribution < -0.4 is 5.32 Å². The fourth-order valence-electron chi connectivity index (χ4n) is 1.89. The van der Waals surface area contributed by atoms with E-state index in [0.717, 1.165) is 0 Å². The highest BCUT2D eigenvalue weighted by Gasteiger charge is 2.46. The smallest absolute Gasteiger partial charge is 0.333 e. The zero-order valence-electron chi connectivity index (χ0n) is 9.91. The molecule has 0 spiro atoms. The summed E-state index contributed by atoms with van der Waals surface area (Å²) in [5.74, 6) is -2.16. The molecule has 1 saturated heterocycles. The SMILES string of the molecule is CO[C@@H]1O[C@H](C(=O)O)[C@@H](C)[C@H](O)[C@H]1NC(C)=O. The van der Waals surface area contributed by atoms with Gasteiger partial charge in [0.05, 0.1) is 6.10 Å². The van der Waals surface area contributed by atoms with Crippen molar-refractivity contribution in [1.29, 1.82) is 0 Å². The van der Waals surface area contributed by atoms with Crippen LogP contribution in [-0.4, -0.2) is 53.7 Å². The molecule has 1 rings (SSSR count). The Hall–Kier alpha value is -1.18. The van der Waals surface area contributed by atoms with E-state index < -0.39 is 36.4 Å². The van der Waals surface area contributed by atoms with E-state index in [4.69, 9.17) is 14.6 Å². The zero-order chi connectivity index (χ0) is 13.2. The quantitative estimate of drug-likeness (QED) is 0.587. The molecule has 0 bridgehead atoms. The minimum Gasteiger partial charge on any atom is -0.479 e. The molecule has 3 N–H and O–H groups in total. The van der Waals surface area contributed by atoms with E-state index in [2.05, 4.69) is 5.32 Å². The van der Waals surface area contributed by atoms with Crippen molar-refractivity contribution in [3.05, 3.63) is 0 Å². The van der Waals surface area contributed by atoms with Gasteiger partial charge in [-0.1, -0.05) is 6.92 Å². The third-order valence-electron chi connectivity index (χ3n) is 2.80. The molecule has 0 aromatic carbocycles. The van der Waals surface area contributed by atoms with Gasteiger partial charge in [-0.25, -0.2) is 4.79 Å². The van der Waals surface area contributed by atoms with E-state index >= 15 is 0 Å². The number of aliphatic hydroxyl groups is 1. The number of nitrogens with one attached hydrogen (secondary N) is 1. The Bertz CT molecular complexity index is 305. The maximum atomic E-state index is 11.0. The van der Waals surface area contributed by atoms with Gasteiger partial charge in [-0.3, -0.25) is 4.79 Å². The topological polar surface area (TPSA) is 105 Å². The van der Waals surface area contributed by atoms with Crippen molar-refractivity contribution in [2.75, 3.05) is 7.11 Å². The molecule has 1 aliphatic heterocycles. The highest BCUT2D eigenvalue weighted by Crippen LogP contribution is 2.26. The van der Waals surface area contributed by atoms with Crippen LogP contribution >= 0.6 is 0 Å². The number of ether oxygens (including phenoxy) is 2. The third-order valence-corrected chi connectivity index (χ3v) is 2.80. The fourth-order valence-corrected chi connectivity index (χ4v) is 1.89. The van der Waals surface area contributed by atoms with Crippen LogP contribution in [0.15, 0.2) is 0 Å². The Labute approximate surface area is 98.7 Å². The number of carboxylic acid groups (broad SMARTS) is 1. The van der Waals surface area contributed by atoms with Crippen LogP contribution in [0, 0.1) is 5.92 Å². The van der Waals surface area contributed by atoms with Gasteiger partial charge < -0.3 is 25.0 Å². The number of aliphatic carboxylic acids is 1. The van der Waals surface area contributed by atoms with Gasteiger partial charge in [0.15, 0.2) is 12.4 Å². The highest BCUT2D eigenvalue weighted by atomic mass is 16.7. The third kappa shape index (κ3) is 2.93. The average molecular weight is 247 g/mol. The predicted molar refractivity (Wildman–Crippen MR) is 56.1 cm³/mol. The minimum absolute atomic E-state index is 0.347. The lowest BCUT2D eigenvalue weighted by atomic mass is 9.89. The van der Waals surface area contributed by atoms with Gasteiger partial charge >= 0.3 is 5.97 Å². The first-order valence-electron chi connectivity index (χ1n) is 5.24. The molecule has 7 heteroatoms. The van der Waals surface area contributed by atoms with E-state index in [-0.39, 0.29) is 5.91 Å². The number of carbonyl (C=O) groups is 2. The van der Waals surface area contributed by atoms with Crippen molar-refractivity contribution in [3.63, 3.8) is 0 Å². The summed E-state index contributed by atoms with van der Waals surface area (Å²) in [5.41, 5.74) is 0. The number of rotatable bonds is 3. The molecule has 0 radical (unpaired) electrons. The van der Waals surface area contributed by atoms with Gasteiger partial charge in [0.1, 0.15) is 6.04 Å². The van der Waals surface area contributed by atoms with Crippen LogP contribution in [0.25, 0.3) is 0 Å². The number of hydrogen-bond acceptors (Lipinski definition) is 5. The second-order valence-corrected chi connectivity index (χ2v) is 4.08. The van der Waals surface area contributed by atoms with Gasteiger partial charge in [0, 0.05) is 20.0 Å². The summed E-state index contributed by atoms with van der Waals surface area (Å²) in [4.78, 5) is 21.9. The minimum atomic E-state index is -1.17. The highest BCUT2D eigenvalue weighted by molar-refractivity contribution is 5.74. The lowest BCUT2D eigenvalue weighted by Gasteiger charge is -2.41. The largest absolute Gasteiger partial charge is 0.479 e. The van der Waals surface area contributed by atoms with Gasteiger partial charge in [-0.05, 0) is 0 Å². The molecule has 0 aliphatic carbocycles. The summed E-state index contributed by atoms with van der Waals surface area (Å²) in [6.07, 6.45) is -3.18. The molecule has 5 atom stereocenters. The van der Waals surface area contributed by atoms with Gasteiger partial charge in [0.25, 0.3) is 0 Å². The van der Waals surface area contributed by atoms with Crippen LogP contribution in [0.2, 0.25) is 0 Å². The van der Waals surface area contributed by atoms with Crippen LogP contribution in [0.3, 0.4) is 0 Å². The second-order valence-electron chi connectivity index (χ2n) is 4.08. The van der Waals surface area contributed by atoms with Crippen molar-refractivity contribution in [2.45, 2.75) is 38.4 Å². The molecule has 1 fully saturated rings. The number of carboxylic acids is 1. The molecular weight excluding hydrogens is 230 g/mol. The summed E-state index contributed by atoms with van der Waals surface area (Å²) in [6, 6.07) is -0.775. The lowest BCUT2D eigenvalue weighted by molar-refractivity contribution is -0.242. The summed E-state index contributed by atoms with van der Waals surface area (Å²) in [6.45, 7) is 2.84. The molecule has 17 heavy (non-hydrogen) atoms. The molecule has 0 unspecified atom stereocenters. The monoisotopic (exact) mass is 247 g/mol. The Balaban J connectivity index is 2.86. The van der Waals surface area contributed by atoms with Crippen molar-refractivity contribution in [1.82, 2.24) is 5.32 Å². The van der Waals surface area contributed by atoms with Crippen molar-refractivity contribution < 1.29 is 29.3 Å². The maximum Gasteiger partial charge on any atom is 0.333 e. The molecule has 7 nitrogen and oxygen atoms in total. The standard InChI is InChI=1S/C10H17NO6/c1-4-7(13)6(11-5(2)12)10(16-3)17-8(4)9(14)15/h4,6-8,10,13H,1-3H3,(H,11,12)(H,14,15)/t4-,6+,7-,8-,10+/m0/s1. The van der Waals surface area contributed by atoms with Gasteiger partial charge in [0.2, 0.25) is 5.91 Å². The van der Waals surface area contributed by atoms with E-state index in [9.17, 15) is 14.7 Å². The van der Waals surface area contributed by atoms with E-state index in [1.807, 2.05) is 0 Å². The summed E-state index contributed by atoms with van der Waals surface area (Å²) in [7, 11) is 1.32. The Morgan fingerprint density at radius 1 is 1.41 bits per heavy atom. The van der Waals surface area contributed by atoms with Gasteiger partial charge in [-0.2, -0.15) is 0 Å². The van der Waals surface area contributed by atoms with Crippen LogP contribution in [0.4, 0.5) is 0 Å². The Kier molecular flexibility index (Phi) is 4.44. The molecular formula is C10H17NO6. The van der Waals surface area contributed by atoms with Crippen molar-refractivity contribution in [3.8, 4) is 0 Å². The first kappa shape index (κ1) is 13.9. The van der Waals surface area contributed by atoms with E-state index in [0.29, 0.717) is 0 Å². The summed E-state index contributed by atoms with van der Waals surface area (Å²) >= 11 is 0. The number of methoxy groups -OCH3 is 1. The van der Waals surface area contributed by atoms with Crippen molar-refractivity contribution in [2.24, 2.45) is 5.92 Å². The van der Waals surface area contributed by atoms with Crippen molar-refractivity contribution >= 4 is 11.9 Å². The van der Waals surface area contributed by atoms with Gasteiger partial charge in [-0.15, -0.1) is 0 Å². The van der Waals surface area contributed by atoms with E-state index in [1.54, 1.807) is 6.92 Å². The maximum absolute atomic E-state index is 11.0. The van der Waals surface area contributed by atoms with Crippen LogP contribution in [0.5, 0.6) is 0 Å².